The van der Waals surface area contributed by atoms with Crippen LogP contribution < -0.4 is 5.56 Å². The largest absolute Gasteiger partial charge is 0.396 e. The highest BCUT2D eigenvalue weighted by Gasteiger charge is 2.17. The van der Waals surface area contributed by atoms with Crippen LogP contribution in [0.15, 0.2) is 53.5 Å². The fourth-order valence-corrected chi connectivity index (χ4v) is 2.66. The van der Waals surface area contributed by atoms with E-state index in [1.807, 2.05) is 42.3 Å². The van der Waals surface area contributed by atoms with Gasteiger partial charge in [0.25, 0.3) is 11.2 Å². The summed E-state index contributed by atoms with van der Waals surface area (Å²) in [5.41, 5.74) is 0.708. The number of aliphatic hydroxyl groups is 1. The number of aromatic nitrogens is 1. The van der Waals surface area contributed by atoms with Crippen LogP contribution in [0.3, 0.4) is 0 Å². The van der Waals surface area contributed by atoms with E-state index in [-0.39, 0.29) is 23.9 Å². The standard InChI is InChI=1S/C17H21N3O4/c1-18(16(9-12-21)14-5-3-2-4-6-14)10-11-19-13-15(20(23)24)7-8-17(19)22/h2-8,13,16,21H,9-12H2,1H3. The van der Waals surface area contributed by atoms with Crippen LogP contribution in [0.5, 0.6) is 0 Å². The summed E-state index contributed by atoms with van der Waals surface area (Å²) in [6, 6.07) is 12.2. The third-order valence-corrected chi connectivity index (χ3v) is 3.99. The first-order chi connectivity index (χ1) is 11.5. The molecule has 1 atom stereocenters. The molecule has 24 heavy (non-hydrogen) atoms. The van der Waals surface area contributed by atoms with Crippen LogP contribution in [0, 0.1) is 10.1 Å². The van der Waals surface area contributed by atoms with Gasteiger partial charge in [-0.05, 0) is 19.0 Å². The number of nitro groups is 1. The third kappa shape index (κ3) is 4.50. The molecule has 0 bridgehead atoms. The SMILES string of the molecule is CN(CCn1cc([N+](=O)[O-])ccc1=O)C(CCO)c1ccccc1. The maximum atomic E-state index is 11.9. The zero-order valence-corrected chi connectivity index (χ0v) is 13.5. The molecular weight excluding hydrogens is 310 g/mol. The van der Waals surface area contributed by atoms with Crippen LogP contribution in [0.4, 0.5) is 5.69 Å². The Morgan fingerprint density at radius 3 is 2.58 bits per heavy atom. The fraction of sp³-hybridized carbons (Fsp3) is 0.353. The number of nitrogens with zero attached hydrogens (tertiary/aromatic N) is 3. The van der Waals surface area contributed by atoms with E-state index >= 15 is 0 Å². The molecular formula is C17H21N3O4. The first-order valence-electron chi connectivity index (χ1n) is 7.74. The van der Waals surface area contributed by atoms with E-state index in [1.165, 1.54) is 22.9 Å². The summed E-state index contributed by atoms with van der Waals surface area (Å²) in [6.07, 6.45) is 1.84. The summed E-state index contributed by atoms with van der Waals surface area (Å²) in [7, 11) is 1.91. The molecule has 0 saturated heterocycles. The number of benzene rings is 1. The van der Waals surface area contributed by atoms with Gasteiger partial charge in [-0.15, -0.1) is 0 Å². The molecule has 1 aromatic carbocycles. The van der Waals surface area contributed by atoms with Crippen molar-refractivity contribution in [2.45, 2.75) is 19.0 Å². The molecule has 0 spiro atoms. The summed E-state index contributed by atoms with van der Waals surface area (Å²) in [6.45, 7) is 0.924. The minimum absolute atomic E-state index is 0.0191. The van der Waals surface area contributed by atoms with Gasteiger partial charge in [-0.2, -0.15) is 0 Å². The number of hydrogen-bond acceptors (Lipinski definition) is 5. The van der Waals surface area contributed by atoms with Crippen LogP contribution in [0.25, 0.3) is 0 Å². The van der Waals surface area contributed by atoms with E-state index in [4.69, 9.17) is 0 Å². The molecule has 1 aromatic heterocycles. The molecule has 128 valence electrons. The van der Waals surface area contributed by atoms with Crippen LogP contribution in [-0.4, -0.2) is 39.7 Å². The summed E-state index contributed by atoms with van der Waals surface area (Å²) in [5, 5.41) is 20.1. The lowest BCUT2D eigenvalue weighted by Gasteiger charge is -2.28. The van der Waals surface area contributed by atoms with Crippen molar-refractivity contribution in [3.05, 3.63) is 74.7 Å². The highest BCUT2D eigenvalue weighted by molar-refractivity contribution is 5.24. The summed E-state index contributed by atoms with van der Waals surface area (Å²) in [5.74, 6) is 0. The van der Waals surface area contributed by atoms with E-state index in [0.717, 1.165) is 5.56 Å². The van der Waals surface area contributed by atoms with Gasteiger partial charge in [0.2, 0.25) is 0 Å². The van der Waals surface area contributed by atoms with Gasteiger partial charge in [-0.25, -0.2) is 0 Å². The van der Waals surface area contributed by atoms with Crippen molar-refractivity contribution in [2.75, 3.05) is 20.2 Å². The molecule has 2 rings (SSSR count). The summed E-state index contributed by atoms with van der Waals surface area (Å²) < 4.78 is 1.34. The van der Waals surface area contributed by atoms with Crippen molar-refractivity contribution >= 4 is 5.69 Å². The van der Waals surface area contributed by atoms with Crippen molar-refractivity contribution in [1.29, 1.82) is 0 Å². The summed E-state index contributed by atoms with van der Waals surface area (Å²) in [4.78, 5) is 24.2. The van der Waals surface area contributed by atoms with Gasteiger partial charge in [-0.3, -0.25) is 19.8 Å². The second-order valence-electron chi connectivity index (χ2n) is 5.60. The molecule has 0 saturated carbocycles. The molecule has 0 aliphatic carbocycles. The Balaban J connectivity index is 2.11. The van der Waals surface area contributed by atoms with Crippen molar-refractivity contribution < 1.29 is 10.0 Å². The monoisotopic (exact) mass is 331 g/mol. The van der Waals surface area contributed by atoms with Gasteiger partial charge in [0.15, 0.2) is 0 Å². The summed E-state index contributed by atoms with van der Waals surface area (Å²) >= 11 is 0. The van der Waals surface area contributed by atoms with Gasteiger partial charge in [0.1, 0.15) is 0 Å². The molecule has 7 heteroatoms. The molecule has 7 nitrogen and oxygen atoms in total. The fourth-order valence-electron chi connectivity index (χ4n) is 2.66. The van der Waals surface area contributed by atoms with E-state index in [9.17, 15) is 20.0 Å². The average molecular weight is 331 g/mol. The maximum absolute atomic E-state index is 11.9. The van der Waals surface area contributed by atoms with E-state index in [0.29, 0.717) is 19.5 Å². The quantitative estimate of drug-likeness (QED) is 0.589. The van der Waals surface area contributed by atoms with Crippen molar-refractivity contribution in [1.82, 2.24) is 9.47 Å². The van der Waals surface area contributed by atoms with Gasteiger partial charge >= 0.3 is 0 Å². The highest BCUT2D eigenvalue weighted by Crippen LogP contribution is 2.22. The number of pyridine rings is 1. The van der Waals surface area contributed by atoms with E-state index < -0.39 is 4.92 Å². The molecule has 0 fully saturated rings. The third-order valence-electron chi connectivity index (χ3n) is 3.99. The lowest BCUT2D eigenvalue weighted by Crippen LogP contribution is -2.31. The molecule has 0 aliphatic heterocycles. The number of rotatable bonds is 8. The molecule has 0 radical (unpaired) electrons. The Morgan fingerprint density at radius 2 is 1.96 bits per heavy atom. The Labute approximate surface area is 139 Å². The normalized spacial score (nSPS) is 12.3. The van der Waals surface area contributed by atoms with E-state index in [1.54, 1.807) is 0 Å². The minimum Gasteiger partial charge on any atom is -0.396 e. The van der Waals surface area contributed by atoms with Crippen molar-refractivity contribution in [3.8, 4) is 0 Å². The predicted molar refractivity (Wildman–Crippen MR) is 90.9 cm³/mol. The second-order valence-corrected chi connectivity index (χ2v) is 5.60. The lowest BCUT2D eigenvalue weighted by molar-refractivity contribution is -0.385. The first kappa shape index (κ1) is 17.8. The van der Waals surface area contributed by atoms with Crippen LogP contribution >= 0.6 is 0 Å². The van der Waals surface area contributed by atoms with Crippen LogP contribution in [-0.2, 0) is 6.54 Å². The molecule has 0 aliphatic rings. The molecule has 1 heterocycles. The van der Waals surface area contributed by atoms with Gasteiger partial charge in [0.05, 0.1) is 11.1 Å². The smallest absolute Gasteiger partial charge is 0.285 e. The van der Waals surface area contributed by atoms with Crippen molar-refractivity contribution in [2.24, 2.45) is 0 Å². The highest BCUT2D eigenvalue weighted by atomic mass is 16.6. The minimum atomic E-state index is -0.516. The van der Waals surface area contributed by atoms with Gasteiger partial charge < -0.3 is 9.67 Å². The number of hydrogen-bond donors (Lipinski definition) is 1. The number of aliphatic hydroxyl groups excluding tert-OH is 1. The Morgan fingerprint density at radius 1 is 1.25 bits per heavy atom. The molecule has 1 N–H and O–H groups in total. The van der Waals surface area contributed by atoms with Crippen LogP contribution in [0.1, 0.15) is 18.0 Å². The Hall–Kier alpha value is -2.51. The second kappa shape index (κ2) is 8.37. The predicted octanol–water partition coefficient (Wildman–Crippen LogP) is 1.81. The van der Waals surface area contributed by atoms with Crippen molar-refractivity contribution in [3.63, 3.8) is 0 Å². The zero-order valence-electron chi connectivity index (χ0n) is 13.5. The van der Waals surface area contributed by atoms with Gasteiger partial charge in [-0.1, -0.05) is 30.3 Å². The molecule has 2 aromatic rings. The maximum Gasteiger partial charge on any atom is 0.285 e. The zero-order chi connectivity index (χ0) is 17.5. The lowest BCUT2D eigenvalue weighted by atomic mass is 10.0. The topological polar surface area (TPSA) is 88.6 Å². The Bertz CT molecular complexity index is 730. The number of likely N-dealkylation sites (N-methyl/N-ethyl adjacent to an activating group) is 1. The van der Waals surface area contributed by atoms with Crippen LogP contribution in [0.2, 0.25) is 0 Å². The average Bonchev–Trinajstić information content (AvgIpc) is 2.59. The molecule has 0 amide bonds. The Kier molecular flexibility index (Phi) is 6.22. The van der Waals surface area contributed by atoms with Gasteiger partial charge in [0, 0.05) is 37.9 Å². The molecule has 1 unspecified atom stereocenters. The van der Waals surface area contributed by atoms with E-state index in [2.05, 4.69) is 0 Å². The first-order valence-corrected chi connectivity index (χ1v) is 7.74.